The molecule has 2 aromatic rings. The number of nitrogens with zero attached hydrogens (tertiary/aromatic N) is 3. The quantitative estimate of drug-likeness (QED) is 0.867. The molecule has 0 radical (unpaired) electrons. The van der Waals surface area contributed by atoms with Crippen LogP contribution in [-0.4, -0.2) is 37.4 Å². The lowest BCUT2D eigenvalue weighted by Crippen LogP contribution is -2.27. The molecule has 2 aromatic heterocycles. The van der Waals surface area contributed by atoms with Gasteiger partial charge < -0.3 is 9.84 Å². The smallest absolute Gasteiger partial charge is 0.414 e. The summed E-state index contributed by atoms with van der Waals surface area (Å²) in [5.41, 5.74) is -0.218. The Hall–Kier alpha value is -2.64. The fourth-order valence-electron chi connectivity index (χ4n) is 1.46. The molecule has 2 N–H and O–H groups in total. The second-order valence-corrected chi connectivity index (χ2v) is 5.09. The van der Waals surface area contributed by atoms with Crippen molar-refractivity contribution in [2.45, 2.75) is 26.4 Å². The molecule has 8 heteroatoms. The van der Waals surface area contributed by atoms with Gasteiger partial charge in [0.2, 0.25) is 0 Å². The molecule has 0 fully saturated rings. The van der Waals surface area contributed by atoms with E-state index in [1.807, 2.05) is 0 Å². The summed E-state index contributed by atoms with van der Waals surface area (Å²) in [5, 5.41) is 15.2. The van der Waals surface area contributed by atoms with E-state index in [0.29, 0.717) is 5.65 Å². The SMILES string of the molecule is CC(C)(C)OC(=O)Nc1nc2cc(C(=O)O)ccn2n1. The van der Waals surface area contributed by atoms with Crippen molar-refractivity contribution >= 4 is 23.7 Å². The minimum Gasteiger partial charge on any atom is -0.478 e. The van der Waals surface area contributed by atoms with Gasteiger partial charge in [-0.1, -0.05) is 0 Å². The Balaban J connectivity index is 2.20. The topological polar surface area (TPSA) is 106 Å². The number of rotatable bonds is 2. The second-order valence-electron chi connectivity index (χ2n) is 5.09. The Morgan fingerprint density at radius 1 is 1.40 bits per heavy atom. The molecule has 0 unspecified atom stereocenters. The summed E-state index contributed by atoms with van der Waals surface area (Å²) in [4.78, 5) is 26.4. The van der Waals surface area contributed by atoms with Crippen molar-refractivity contribution in [1.82, 2.24) is 14.6 Å². The predicted molar refractivity (Wildman–Crippen MR) is 69.8 cm³/mol. The maximum absolute atomic E-state index is 11.6. The lowest BCUT2D eigenvalue weighted by atomic mass is 10.2. The van der Waals surface area contributed by atoms with Crippen LogP contribution in [0.1, 0.15) is 31.1 Å². The van der Waals surface area contributed by atoms with Gasteiger partial charge in [-0.15, -0.1) is 5.10 Å². The Kier molecular flexibility index (Phi) is 3.31. The van der Waals surface area contributed by atoms with Crippen LogP contribution in [0.3, 0.4) is 0 Å². The van der Waals surface area contributed by atoms with Gasteiger partial charge in [0.25, 0.3) is 5.95 Å². The fourth-order valence-corrected chi connectivity index (χ4v) is 1.46. The molecule has 20 heavy (non-hydrogen) atoms. The third-order valence-corrected chi connectivity index (χ3v) is 2.20. The Labute approximate surface area is 114 Å². The van der Waals surface area contributed by atoms with E-state index >= 15 is 0 Å². The number of amides is 1. The molecule has 0 aliphatic carbocycles. The minimum atomic E-state index is -1.06. The normalized spacial score (nSPS) is 11.3. The Morgan fingerprint density at radius 3 is 2.70 bits per heavy atom. The molecule has 0 aliphatic heterocycles. The van der Waals surface area contributed by atoms with Gasteiger partial charge >= 0.3 is 12.1 Å². The van der Waals surface area contributed by atoms with Crippen LogP contribution in [-0.2, 0) is 4.74 Å². The van der Waals surface area contributed by atoms with Gasteiger partial charge in [0.15, 0.2) is 5.65 Å². The summed E-state index contributed by atoms with van der Waals surface area (Å²) in [7, 11) is 0. The summed E-state index contributed by atoms with van der Waals surface area (Å²) in [5.74, 6) is -1.01. The van der Waals surface area contributed by atoms with Crippen LogP contribution in [0, 0.1) is 0 Å². The number of carboxylic acids is 1. The molecular formula is C12H14N4O4. The molecule has 106 valence electrons. The van der Waals surface area contributed by atoms with Gasteiger partial charge in [-0.05, 0) is 32.9 Å². The average Bonchev–Trinajstić information content (AvgIpc) is 2.66. The summed E-state index contributed by atoms with van der Waals surface area (Å²) in [6, 6.07) is 2.75. The van der Waals surface area contributed by atoms with Crippen molar-refractivity contribution in [3.05, 3.63) is 23.9 Å². The van der Waals surface area contributed by atoms with E-state index in [1.165, 1.54) is 22.8 Å². The maximum atomic E-state index is 11.6. The number of nitrogens with one attached hydrogen (secondary N) is 1. The molecule has 1 amide bonds. The third-order valence-electron chi connectivity index (χ3n) is 2.20. The van der Waals surface area contributed by atoms with Gasteiger partial charge in [-0.3, -0.25) is 5.32 Å². The number of anilines is 1. The summed E-state index contributed by atoms with van der Waals surface area (Å²) in [6.07, 6.45) is 0.776. The molecule has 8 nitrogen and oxygen atoms in total. The zero-order valence-corrected chi connectivity index (χ0v) is 11.2. The number of aromatic carboxylic acids is 1. The van der Waals surface area contributed by atoms with Crippen LogP contribution in [0.15, 0.2) is 18.3 Å². The first-order valence-electron chi connectivity index (χ1n) is 5.84. The fraction of sp³-hybridized carbons (Fsp3) is 0.333. The maximum Gasteiger partial charge on any atom is 0.414 e. The monoisotopic (exact) mass is 278 g/mol. The molecule has 0 bridgehead atoms. The molecule has 0 saturated heterocycles. The molecule has 2 heterocycles. The first-order chi connectivity index (χ1) is 9.24. The van der Waals surface area contributed by atoms with E-state index in [9.17, 15) is 9.59 Å². The van der Waals surface area contributed by atoms with Crippen LogP contribution in [0.2, 0.25) is 0 Å². The molecule has 0 aliphatic rings. The number of ether oxygens (including phenoxy) is 1. The zero-order valence-electron chi connectivity index (χ0n) is 11.2. The second kappa shape index (κ2) is 4.80. The van der Waals surface area contributed by atoms with Crippen molar-refractivity contribution in [3.8, 4) is 0 Å². The van der Waals surface area contributed by atoms with E-state index in [1.54, 1.807) is 20.8 Å². The highest BCUT2D eigenvalue weighted by atomic mass is 16.6. The first kappa shape index (κ1) is 13.8. The highest BCUT2D eigenvalue weighted by Crippen LogP contribution is 2.11. The van der Waals surface area contributed by atoms with Crippen molar-refractivity contribution in [2.24, 2.45) is 0 Å². The van der Waals surface area contributed by atoms with Crippen LogP contribution >= 0.6 is 0 Å². The average molecular weight is 278 g/mol. The number of hydrogen-bond acceptors (Lipinski definition) is 5. The Morgan fingerprint density at radius 2 is 2.10 bits per heavy atom. The number of fused-ring (bicyclic) bond motifs is 1. The number of carbonyl (C=O) groups is 2. The zero-order chi connectivity index (χ0) is 14.9. The minimum absolute atomic E-state index is 0.0433. The molecule has 2 rings (SSSR count). The molecule has 0 atom stereocenters. The van der Waals surface area contributed by atoms with E-state index < -0.39 is 17.7 Å². The predicted octanol–water partition coefficient (Wildman–Crippen LogP) is 1.77. The summed E-state index contributed by atoms with van der Waals surface area (Å²) < 4.78 is 6.43. The number of carbonyl (C=O) groups excluding carboxylic acids is 1. The van der Waals surface area contributed by atoms with Gasteiger partial charge in [-0.2, -0.15) is 4.98 Å². The van der Waals surface area contributed by atoms with E-state index in [2.05, 4.69) is 15.4 Å². The molecule has 0 spiro atoms. The van der Waals surface area contributed by atoms with E-state index in [4.69, 9.17) is 9.84 Å². The number of carboxylic acid groups (broad SMARTS) is 1. The van der Waals surface area contributed by atoms with Crippen molar-refractivity contribution in [1.29, 1.82) is 0 Å². The molecule has 0 saturated carbocycles. The standard InChI is InChI=1S/C12H14N4O4/c1-12(2,3)20-11(19)14-10-13-8-6-7(9(17)18)4-5-16(8)15-10/h4-6H,1-3H3,(H,17,18)(H,14,15,19). The van der Waals surface area contributed by atoms with E-state index in [-0.39, 0.29) is 11.5 Å². The van der Waals surface area contributed by atoms with Gasteiger partial charge in [0.05, 0.1) is 5.56 Å². The van der Waals surface area contributed by atoms with Crippen molar-refractivity contribution in [3.63, 3.8) is 0 Å². The Bertz CT molecular complexity index is 672. The number of pyridine rings is 1. The summed E-state index contributed by atoms with van der Waals surface area (Å²) >= 11 is 0. The number of aromatic nitrogens is 3. The van der Waals surface area contributed by atoms with Crippen LogP contribution in [0.5, 0.6) is 0 Å². The van der Waals surface area contributed by atoms with Gasteiger partial charge in [0, 0.05) is 6.20 Å². The van der Waals surface area contributed by atoms with Crippen molar-refractivity contribution in [2.75, 3.05) is 5.32 Å². The van der Waals surface area contributed by atoms with Crippen molar-refractivity contribution < 1.29 is 19.4 Å². The third kappa shape index (κ3) is 3.22. The lowest BCUT2D eigenvalue weighted by molar-refractivity contribution is 0.0632. The van der Waals surface area contributed by atoms with E-state index in [0.717, 1.165) is 0 Å². The van der Waals surface area contributed by atoms with Crippen LogP contribution in [0.4, 0.5) is 10.7 Å². The van der Waals surface area contributed by atoms with Crippen LogP contribution < -0.4 is 5.32 Å². The number of hydrogen-bond donors (Lipinski definition) is 2. The highest BCUT2D eigenvalue weighted by Gasteiger charge is 2.18. The van der Waals surface area contributed by atoms with Gasteiger partial charge in [0.1, 0.15) is 5.60 Å². The lowest BCUT2D eigenvalue weighted by Gasteiger charge is -2.18. The highest BCUT2D eigenvalue weighted by molar-refractivity contribution is 5.88. The first-order valence-corrected chi connectivity index (χ1v) is 5.84. The van der Waals surface area contributed by atoms with Gasteiger partial charge in [-0.25, -0.2) is 14.1 Å². The summed E-state index contributed by atoms with van der Waals surface area (Å²) in [6.45, 7) is 5.22. The van der Waals surface area contributed by atoms with Crippen LogP contribution in [0.25, 0.3) is 5.65 Å². The molecule has 0 aromatic carbocycles. The largest absolute Gasteiger partial charge is 0.478 e. The molecular weight excluding hydrogens is 264 g/mol.